The van der Waals surface area contributed by atoms with E-state index in [0.29, 0.717) is 27.9 Å². The quantitative estimate of drug-likeness (QED) is 0.400. The highest BCUT2D eigenvalue weighted by molar-refractivity contribution is 7.99. The number of nitrogens with zero attached hydrogens (tertiary/aromatic N) is 3. The maximum absolute atomic E-state index is 10.9. The molecule has 96 valence electrons. The Hall–Kier alpha value is -2.33. The summed E-state index contributed by atoms with van der Waals surface area (Å²) in [6.07, 6.45) is 5.16. The molecular weight excluding hydrogens is 264 g/mol. The summed E-state index contributed by atoms with van der Waals surface area (Å²) >= 11 is 1.33. The predicted molar refractivity (Wildman–Crippen MR) is 72.8 cm³/mol. The predicted octanol–water partition coefficient (Wildman–Crippen LogP) is 2.41. The molecule has 1 aromatic heterocycles. The van der Waals surface area contributed by atoms with Gasteiger partial charge in [0.05, 0.1) is 10.7 Å². The maximum Gasteiger partial charge on any atom is 0.273 e. The number of H-pyrrole nitrogens is 1. The molecule has 0 saturated carbocycles. The number of nitro groups is 1. The summed E-state index contributed by atoms with van der Waals surface area (Å²) in [5.74, 6) is 3.46. The fourth-order valence-corrected chi connectivity index (χ4v) is 2.09. The van der Waals surface area contributed by atoms with Crippen molar-refractivity contribution in [3.63, 3.8) is 0 Å². The van der Waals surface area contributed by atoms with E-state index in [2.05, 4.69) is 21.1 Å². The number of thioether (sulfide) groups is 1. The minimum Gasteiger partial charge on any atom is -0.258 e. The second kappa shape index (κ2) is 5.54. The Balaban J connectivity index is 2.37. The smallest absolute Gasteiger partial charge is 0.258 e. The van der Waals surface area contributed by atoms with E-state index in [4.69, 9.17) is 6.42 Å². The number of hydrogen-bond acceptors (Lipinski definition) is 5. The fourth-order valence-electron chi connectivity index (χ4n) is 1.62. The highest BCUT2D eigenvalue weighted by atomic mass is 32.2. The molecule has 0 aliphatic heterocycles. The number of rotatable bonds is 4. The van der Waals surface area contributed by atoms with Crippen LogP contribution in [0.25, 0.3) is 11.4 Å². The van der Waals surface area contributed by atoms with Crippen molar-refractivity contribution in [2.24, 2.45) is 0 Å². The lowest BCUT2D eigenvalue weighted by Gasteiger charge is -2.02. The highest BCUT2D eigenvalue weighted by Crippen LogP contribution is 2.28. The Labute approximate surface area is 113 Å². The summed E-state index contributed by atoms with van der Waals surface area (Å²) in [4.78, 5) is 14.7. The summed E-state index contributed by atoms with van der Waals surface area (Å²) in [6.45, 7) is 1.68. The van der Waals surface area contributed by atoms with Gasteiger partial charge in [0, 0.05) is 17.2 Å². The van der Waals surface area contributed by atoms with Gasteiger partial charge in [-0.25, -0.2) is 4.98 Å². The summed E-state index contributed by atoms with van der Waals surface area (Å²) in [7, 11) is 0. The van der Waals surface area contributed by atoms with Crippen molar-refractivity contribution in [3.05, 3.63) is 33.9 Å². The Morgan fingerprint density at radius 1 is 1.58 bits per heavy atom. The third kappa shape index (κ3) is 2.74. The van der Waals surface area contributed by atoms with Crippen LogP contribution >= 0.6 is 11.8 Å². The molecule has 0 aliphatic carbocycles. The van der Waals surface area contributed by atoms with Gasteiger partial charge in [-0.05, 0) is 6.92 Å². The van der Waals surface area contributed by atoms with Gasteiger partial charge < -0.3 is 0 Å². The molecule has 19 heavy (non-hydrogen) atoms. The van der Waals surface area contributed by atoms with Crippen LogP contribution in [0.2, 0.25) is 0 Å². The maximum atomic E-state index is 10.9. The molecule has 2 aromatic rings. The summed E-state index contributed by atoms with van der Waals surface area (Å²) in [5.41, 5.74) is 1.28. The number of nitrogens with one attached hydrogen (secondary N) is 1. The van der Waals surface area contributed by atoms with Gasteiger partial charge in [-0.15, -0.1) is 11.5 Å². The van der Waals surface area contributed by atoms with Crippen molar-refractivity contribution >= 4 is 17.4 Å². The fraction of sp³-hybridized carbons (Fsp3) is 0.167. The number of nitro benzene ring substituents is 1. The standard InChI is InChI=1S/C12H10N4O2S/c1-3-7-19-12-13-11(14-15-12)9-5-4-6-10(8(9)2)16(17)18/h1,4-6H,7H2,2H3,(H,13,14,15). The normalized spacial score (nSPS) is 10.1. The van der Waals surface area contributed by atoms with E-state index in [0.717, 1.165) is 0 Å². The third-order valence-corrected chi connectivity index (χ3v) is 3.26. The lowest BCUT2D eigenvalue weighted by atomic mass is 10.1. The minimum atomic E-state index is -0.413. The average Bonchev–Trinajstić information content (AvgIpc) is 2.84. The zero-order valence-corrected chi connectivity index (χ0v) is 10.9. The first-order valence-electron chi connectivity index (χ1n) is 5.36. The largest absolute Gasteiger partial charge is 0.273 e. The van der Waals surface area contributed by atoms with E-state index in [1.54, 1.807) is 19.1 Å². The molecule has 0 radical (unpaired) electrons. The minimum absolute atomic E-state index is 0.0618. The summed E-state index contributed by atoms with van der Waals surface area (Å²) < 4.78 is 0. The molecule has 2 rings (SSSR count). The van der Waals surface area contributed by atoms with Crippen LogP contribution in [0.4, 0.5) is 5.69 Å². The molecule has 0 bridgehead atoms. The zero-order chi connectivity index (χ0) is 13.8. The summed E-state index contributed by atoms with van der Waals surface area (Å²) in [6, 6.07) is 4.85. The van der Waals surface area contributed by atoms with Gasteiger partial charge in [0.25, 0.3) is 5.69 Å². The molecule has 6 nitrogen and oxygen atoms in total. The second-order valence-electron chi connectivity index (χ2n) is 3.67. The lowest BCUT2D eigenvalue weighted by Crippen LogP contribution is -1.94. The van der Waals surface area contributed by atoms with Gasteiger partial charge in [0.15, 0.2) is 5.82 Å². The van der Waals surface area contributed by atoms with Gasteiger partial charge in [0.2, 0.25) is 5.16 Å². The number of benzene rings is 1. The van der Waals surface area contributed by atoms with Gasteiger partial charge >= 0.3 is 0 Å². The molecule has 0 amide bonds. The van der Waals surface area contributed by atoms with Crippen molar-refractivity contribution in [3.8, 4) is 23.7 Å². The first kappa shape index (κ1) is 13.1. The molecule has 0 atom stereocenters. The molecule has 0 spiro atoms. The number of hydrogen-bond donors (Lipinski definition) is 1. The molecule has 0 unspecified atom stereocenters. The van der Waals surface area contributed by atoms with Crippen molar-refractivity contribution < 1.29 is 4.92 Å². The number of aromatic amines is 1. The van der Waals surface area contributed by atoms with Crippen LogP contribution in [-0.4, -0.2) is 25.9 Å². The van der Waals surface area contributed by atoms with E-state index in [-0.39, 0.29) is 5.69 Å². The van der Waals surface area contributed by atoms with Crippen molar-refractivity contribution in [1.82, 2.24) is 15.2 Å². The first-order chi connectivity index (χ1) is 9.13. The van der Waals surface area contributed by atoms with Crippen LogP contribution in [0.15, 0.2) is 23.4 Å². The first-order valence-corrected chi connectivity index (χ1v) is 6.35. The third-order valence-electron chi connectivity index (χ3n) is 2.51. The van der Waals surface area contributed by atoms with Crippen LogP contribution in [0.1, 0.15) is 5.56 Å². The van der Waals surface area contributed by atoms with Crippen LogP contribution in [0.3, 0.4) is 0 Å². The summed E-state index contributed by atoms with van der Waals surface area (Å²) in [5, 5.41) is 18.2. The van der Waals surface area contributed by atoms with Crippen LogP contribution in [0, 0.1) is 29.4 Å². The molecular formula is C12H10N4O2S. The van der Waals surface area contributed by atoms with Crippen LogP contribution < -0.4 is 0 Å². The van der Waals surface area contributed by atoms with Crippen molar-refractivity contribution in [2.75, 3.05) is 5.75 Å². The Kier molecular flexibility index (Phi) is 3.82. The topological polar surface area (TPSA) is 84.7 Å². The van der Waals surface area contributed by atoms with E-state index >= 15 is 0 Å². The molecule has 0 saturated heterocycles. The molecule has 0 aliphatic rings. The highest BCUT2D eigenvalue weighted by Gasteiger charge is 2.16. The van der Waals surface area contributed by atoms with Crippen LogP contribution in [0.5, 0.6) is 0 Å². The Bertz CT molecular complexity index is 660. The van der Waals surface area contributed by atoms with E-state index < -0.39 is 4.92 Å². The number of aromatic nitrogens is 3. The SMILES string of the molecule is C#CCSc1n[nH]c(-c2cccc([N+](=O)[O-])c2C)n1. The average molecular weight is 274 g/mol. The van der Waals surface area contributed by atoms with Gasteiger partial charge in [-0.2, -0.15) is 0 Å². The number of terminal acetylenes is 1. The van der Waals surface area contributed by atoms with Gasteiger partial charge in [0.1, 0.15) is 0 Å². The second-order valence-corrected chi connectivity index (χ2v) is 4.61. The molecule has 1 N–H and O–H groups in total. The van der Waals surface area contributed by atoms with Crippen LogP contribution in [-0.2, 0) is 0 Å². The zero-order valence-electron chi connectivity index (χ0n) is 10.1. The Morgan fingerprint density at radius 2 is 2.37 bits per heavy atom. The van der Waals surface area contributed by atoms with Gasteiger partial charge in [-0.1, -0.05) is 29.8 Å². The van der Waals surface area contributed by atoms with E-state index in [9.17, 15) is 10.1 Å². The van der Waals surface area contributed by atoms with E-state index in [1.807, 2.05) is 0 Å². The molecule has 0 fully saturated rings. The van der Waals surface area contributed by atoms with E-state index in [1.165, 1.54) is 17.8 Å². The monoisotopic (exact) mass is 274 g/mol. The molecule has 1 heterocycles. The Morgan fingerprint density at radius 3 is 3.05 bits per heavy atom. The van der Waals surface area contributed by atoms with Crippen molar-refractivity contribution in [1.29, 1.82) is 0 Å². The lowest BCUT2D eigenvalue weighted by molar-refractivity contribution is -0.385. The molecule has 1 aromatic carbocycles. The molecule has 7 heteroatoms. The van der Waals surface area contributed by atoms with Gasteiger partial charge in [-0.3, -0.25) is 15.2 Å². The van der Waals surface area contributed by atoms with Crippen molar-refractivity contribution in [2.45, 2.75) is 12.1 Å².